The summed E-state index contributed by atoms with van der Waals surface area (Å²) in [6, 6.07) is 4.04. The van der Waals surface area contributed by atoms with Gasteiger partial charge in [-0.05, 0) is 46.2 Å². The van der Waals surface area contributed by atoms with Gasteiger partial charge in [0.2, 0.25) is 5.95 Å². The molecule has 0 radical (unpaired) electrons. The first-order valence-electron chi connectivity index (χ1n) is 9.25. The van der Waals surface area contributed by atoms with Crippen LogP contribution in [0.15, 0.2) is 29.3 Å². The molecule has 3 heterocycles. The van der Waals surface area contributed by atoms with Crippen molar-refractivity contribution in [1.29, 1.82) is 0 Å². The van der Waals surface area contributed by atoms with Crippen molar-refractivity contribution < 1.29 is 0 Å². The van der Waals surface area contributed by atoms with Crippen LogP contribution in [0.25, 0.3) is 11.0 Å². The molecule has 0 amide bonds. The topological polar surface area (TPSA) is 91.7 Å². The van der Waals surface area contributed by atoms with Gasteiger partial charge in [-0.15, -0.1) is 0 Å². The average molecular weight is 369 g/mol. The minimum absolute atomic E-state index is 0.201. The summed E-state index contributed by atoms with van der Waals surface area (Å²) in [5.41, 5.74) is 1.12. The quantitative estimate of drug-likeness (QED) is 0.694. The van der Waals surface area contributed by atoms with Crippen LogP contribution in [0, 0.1) is 0 Å². The predicted octanol–water partition coefficient (Wildman–Crippen LogP) is 2.73. The molecule has 0 saturated carbocycles. The molecule has 27 heavy (non-hydrogen) atoms. The molecule has 144 valence electrons. The largest absolute Gasteiger partial charge is 0.357 e. The van der Waals surface area contributed by atoms with Crippen LogP contribution in [0.1, 0.15) is 40.2 Å². The lowest BCUT2D eigenvalue weighted by atomic mass is 10.1. The molecule has 0 saturated heterocycles. The zero-order chi connectivity index (χ0) is 19.6. The van der Waals surface area contributed by atoms with Crippen LogP contribution in [-0.2, 0) is 12.1 Å². The van der Waals surface area contributed by atoms with Gasteiger partial charge >= 0.3 is 0 Å². The van der Waals surface area contributed by atoms with Crippen LogP contribution >= 0.6 is 0 Å². The van der Waals surface area contributed by atoms with Gasteiger partial charge in [-0.3, -0.25) is 9.78 Å². The van der Waals surface area contributed by atoms with E-state index in [0.29, 0.717) is 23.5 Å². The van der Waals surface area contributed by atoms with Crippen molar-refractivity contribution in [3.05, 3.63) is 40.4 Å². The molecule has 2 N–H and O–H groups in total. The molecule has 0 aromatic carbocycles. The van der Waals surface area contributed by atoms with Crippen LogP contribution in [-0.4, -0.2) is 37.8 Å². The number of nitrogens with one attached hydrogen (secondary N) is 2. The van der Waals surface area contributed by atoms with Crippen molar-refractivity contribution >= 4 is 22.8 Å². The second-order valence-electron chi connectivity index (χ2n) is 7.43. The molecule has 0 atom stereocenters. The molecule has 8 nitrogen and oxygen atoms in total. The van der Waals surface area contributed by atoms with E-state index in [0.717, 1.165) is 24.5 Å². The summed E-state index contributed by atoms with van der Waals surface area (Å²) in [5, 5.41) is 7.99. The molecular formula is C19H27N7O. The van der Waals surface area contributed by atoms with Gasteiger partial charge in [-0.2, -0.15) is 10.1 Å². The Morgan fingerprint density at radius 3 is 2.52 bits per heavy atom. The Balaban J connectivity index is 1.80. The third-order valence-corrected chi connectivity index (χ3v) is 4.43. The summed E-state index contributed by atoms with van der Waals surface area (Å²) in [4.78, 5) is 26.4. The smallest absolute Gasteiger partial charge is 0.263 e. The molecule has 0 fully saturated rings. The predicted molar refractivity (Wildman–Crippen MR) is 108 cm³/mol. The summed E-state index contributed by atoms with van der Waals surface area (Å²) in [6.07, 6.45) is 3.41. The lowest BCUT2D eigenvalue weighted by molar-refractivity contribution is 0.366. The van der Waals surface area contributed by atoms with Gasteiger partial charge in [0.15, 0.2) is 5.65 Å². The van der Waals surface area contributed by atoms with Crippen LogP contribution in [0.4, 0.5) is 11.8 Å². The van der Waals surface area contributed by atoms with Gasteiger partial charge in [0.25, 0.3) is 5.56 Å². The summed E-state index contributed by atoms with van der Waals surface area (Å²) < 4.78 is 1.77. The molecule has 0 spiro atoms. The van der Waals surface area contributed by atoms with Crippen molar-refractivity contribution in [2.24, 2.45) is 0 Å². The maximum atomic E-state index is 12.3. The number of nitrogens with zero attached hydrogens (tertiary/aromatic N) is 5. The number of H-pyrrole nitrogens is 1. The number of fused-ring (bicyclic) bond motifs is 1. The molecular weight excluding hydrogens is 342 g/mol. The Hall–Kier alpha value is -2.90. The van der Waals surface area contributed by atoms with Crippen LogP contribution in [0.5, 0.6) is 0 Å². The summed E-state index contributed by atoms with van der Waals surface area (Å²) in [7, 11) is 0. The van der Waals surface area contributed by atoms with Gasteiger partial charge in [-0.25, -0.2) is 9.67 Å². The number of rotatable bonds is 6. The van der Waals surface area contributed by atoms with Gasteiger partial charge in [0.05, 0.1) is 11.7 Å². The summed E-state index contributed by atoms with van der Waals surface area (Å²) >= 11 is 0. The third-order valence-electron chi connectivity index (χ3n) is 4.43. The van der Waals surface area contributed by atoms with E-state index < -0.39 is 0 Å². The first-order valence-corrected chi connectivity index (χ1v) is 9.25. The van der Waals surface area contributed by atoms with Crippen molar-refractivity contribution in [3.8, 4) is 0 Å². The average Bonchev–Trinajstić information content (AvgIpc) is 3.07. The molecule has 0 aliphatic heterocycles. The Bertz CT molecular complexity index is 962. The molecule has 0 bridgehead atoms. The standard InChI is InChI=1S/C19H27N7O/c1-6-25(7-2)15-9-8-13(10-20-15)11-21-18-23-16-14(17(27)24-18)12-22-26(16)19(3,4)5/h8-10,12H,6-7,11H2,1-5H3,(H2,21,23,24,27). The maximum Gasteiger partial charge on any atom is 0.263 e. The van der Waals surface area contributed by atoms with E-state index in [9.17, 15) is 4.79 Å². The Kier molecular flexibility index (Phi) is 5.16. The zero-order valence-corrected chi connectivity index (χ0v) is 16.6. The Morgan fingerprint density at radius 2 is 1.93 bits per heavy atom. The molecule has 0 aliphatic carbocycles. The molecule has 3 aromatic heterocycles. The van der Waals surface area contributed by atoms with Crippen molar-refractivity contribution in [1.82, 2.24) is 24.7 Å². The van der Waals surface area contributed by atoms with Crippen LogP contribution < -0.4 is 15.8 Å². The molecule has 3 aromatic rings. The molecule has 0 aliphatic rings. The Morgan fingerprint density at radius 1 is 1.19 bits per heavy atom. The minimum Gasteiger partial charge on any atom is -0.357 e. The van der Waals surface area contributed by atoms with Gasteiger partial charge < -0.3 is 10.2 Å². The SMILES string of the molecule is CCN(CC)c1ccc(CNc2nc3c(cnn3C(C)(C)C)c(=O)[nH]2)cn1. The fourth-order valence-corrected chi connectivity index (χ4v) is 2.93. The molecule has 8 heteroatoms. The van der Waals surface area contributed by atoms with Crippen LogP contribution in [0.3, 0.4) is 0 Å². The number of aromatic nitrogens is 5. The highest BCUT2D eigenvalue weighted by Gasteiger charge is 2.19. The summed E-state index contributed by atoms with van der Waals surface area (Å²) in [5.74, 6) is 1.39. The lowest BCUT2D eigenvalue weighted by Crippen LogP contribution is -2.24. The van der Waals surface area contributed by atoms with E-state index in [1.165, 1.54) is 0 Å². The van der Waals surface area contributed by atoms with Gasteiger partial charge in [0, 0.05) is 25.8 Å². The number of pyridine rings is 1. The Labute approximate surface area is 158 Å². The monoisotopic (exact) mass is 369 g/mol. The maximum absolute atomic E-state index is 12.3. The molecule has 3 rings (SSSR count). The van der Waals surface area contributed by atoms with E-state index >= 15 is 0 Å². The fraction of sp³-hybridized carbons (Fsp3) is 0.474. The van der Waals surface area contributed by atoms with E-state index in [4.69, 9.17) is 0 Å². The van der Waals surface area contributed by atoms with Gasteiger partial charge in [0.1, 0.15) is 11.2 Å². The van der Waals surface area contributed by atoms with E-state index in [1.807, 2.05) is 39.1 Å². The van der Waals surface area contributed by atoms with E-state index in [2.05, 4.69) is 44.1 Å². The second-order valence-corrected chi connectivity index (χ2v) is 7.43. The minimum atomic E-state index is -0.260. The van der Waals surface area contributed by atoms with Crippen molar-refractivity contribution in [2.45, 2.75) is 46.7 Å². The zero-order valence-electron chi connectivity index (χ0n) is 16.6. The molecule has 0 unspecified atom stereocenters. The first-order chi connectivity index (χ1) is 12.8. The number of aromatic amines is 1. The third kappa shape index (κ3) is 3.94. The summed E-state index contributed by atoms with van der Waals surface area (Å²) in [6.45, 7) is 12.7. The highest BCUT2D eigenvalue weighted by atomic mass is 16.1. The lowest BCUT2D eigenvalue weighted by Gasteiger charge is -2.20. The number of hydrogen-bond acceptors (Lipinski definition) is 6. The normalized spacial score (nSPS) is 11.7. The van der Waals surface area contributed by atoms with Crippen LogP contribution in [0.2, 0.25) is 0 Å². The second kappa shape index (κ2) is 7.38. The van der Waals surface area contributed by atoms with Crippen molar-refractivity contribution in [3.63, 3.8) is 0 Å². The highest BCUT2D eigenvalue weighted by molar-refractivity contribution is 5.74. The van der Waals surface area contributed by atoms with Gasteiger partial charge in [-0.1, -0.05) is 6.07 Å². The first kappa shape index (κ1) is 18.9. The fourth-order valence-electron chi connectivity index (χ4n) is 2.93. The van der Waals surface area contributed by atoms with E-state index in [-0.39, 0.29) is 11.1 Å². The number of anilines is 2. The van der Waals surface area contributed by atoms with Crippen molar-refractivity contribution in [2.75, 3.05) is 23.3 Å². The highest BCUT2D eigenvalue weighted by Crippen LogP contribution is 2.19. The van der Waals surface area contributed by atoms with E-state index in [1.54, 1.807) is 10.9 Å². The number of hydrogen-bond donors (Lipinski definition) is 2.